The van der Waals surface area contributed by atoms with Crippen LogP contribution >= 0.6 is 11.6 Å². The molecule has 3 rings (SSSR count). The molecule has 0 saturated carbocycles. The Morgan fingerprint density at radius 1 is 1.53 bits per heavy atom. The summed E-state index contributed by atoms with van der Waals surface area (Å²) in [6.45, 7) is 3.14. The summed E-state index contributed by atoms with van der Waals surface area (Å²) in [5.74, 6) is 0.695. The van der Waals surface area contributed by atoms with Crippen molar-refractivity contribution in [3.8, 4) is 0 Å². The molecule has 0 radical (unpaired) electrons. The number of hydrogen-bond donors (Lipinski definition) is 1. The quantitative estimate of drug-likeness (QED) is 0.840. The molecule has 0 unspecified atom stereocenters. The fraction of sp³-hybridized carbons (Fsp3) is 0.364. The minimum Gasteiger partial charge on any atom is -0.316 e. The number of nitrogens with one attached hydrogen (secondary N) is 1. The topological polar surface area (TPSA) is 29.9 Å². The van der Waals surface area contributed by atoms with Gasteiger partial charge in [0.1, 0.15) is 10.8 Å². The molecule has 2 aromatic heterocycles. The van der Waals surface area contributed by atoms with E-state index in [9.17, 15) is 0 Å². The van der Waals surface area contributed by atoms with Crippen molar-refractivity contribution < 1.29 is 0 Å². The van der Waals surface area contributed by atoms with Gasteiger partial charge in [0.25, 0.3) is 0 Å². The molecule has 4 heteroatoms. The molecule has 0 aliphatic carbocycles. The van der Waals surface area contributed by atoms with Crippen LogP contribution in [0.2, 0.25) is 5.15 Å². The lowest BCUT2D eigenvalue weighted by molar-refractivity contribution is 0.310. The van der Waals surface area contributed by atoms with Crippen molar-refractivity contribution in [3.63, 3.8) is 0 Å². The summed E-state index contributed by atoms with van der Waals surface area (Å²) >= 11 is 6.20. The first kappa shape index (κ1) is 9.19. The second kappa shape index (κ2) is 3.51. The number of halogens is 1. The fourth-order valence-electron chi connectivity index (χ4n) is 1.96. The van der Waals surface area contributed by atoms with Gasteiger partial charge in [0.15, 0.2) is 0 Å². The van der Waals surface area contributed by atoms with Gasteiger partial charge in [-0.2, -0.15) is 0 Å². The standard InChI is InChI=1S/C11H12ClN3/c12-10-4-9-2-1-3-14-11(9)15(10)7-8-5-13-6-8/h1-4,8,13H,5-7H2. The third-order valence-electron chi connectivity index (χ3n) is 2.91. The summed E-state index contributed by atoms with van der Waals surface area (Å²) in [6.07, 6.45) is 1.81. The van der Waals surface area contributed by atoms with Crippen LogP contribution in [-0.4, -0.2) is 22.6 Å². The first-order valence-corrected chi connectivity index (χ1v) is 5.53. The van der Waals surface area contributed by atoms with Crippen molar-refractivity contribution >= 4 is 22.6 Å². The summed E-state index contributed by atoms with van der Waals surface area (Å²) in [7, 11) is 0. The Labute approximate surface area is 93.1 Å². The van der Waals surface area contributed by atoms with E-state index in [-0.39, 0.29) is 0 Å². The van der Waals surface area contributed by atoms with Gasteiger partial charge in [0, 0.05) is 37.1 Å². The van der Waals surface area contributed by atoms with Gasteiger partial charge < -0.3 is 9.88 Å². The first-order chi connectivity index (χ1) is 7.34. The molecule has 78 valence electrons. The van der Waals surface area contributed by atoms with Crippen molar-refractivity contribution in [2.45, 2.75) is 6.54 Å². The molecule has 0 bridgehead atoms. The molecule has 1 aliphatic rings. The van der Waals surface area contributed by atoms with Crippen molar-refractivity contribution in [2.75, 3.05) is 13.1 Å². The zero-order chi connectivity index (χ0) is 10.3. The third-order valence-corrected chi connectivity index (χ3v) is 3.22. The van der Waals surface area contributed by atoms with E-state index in [1.807, 2.05) is 24.4 Å². The lowest BCUT2D eigenvalue weighted by Gasteiger charge is -2.27. The van der Waals surface area contributed by atoms with Crippen molar-refractivity contribution in [1.82, 2.24) is 14.9 Å². The number of rotatable bonds is 2. The molecule has 0 atom stereocenters. The van der Waals surface area contributed by atoms with Crippen LogP contribution < -0.4 is 5.32 Å². The van der Waals surface area contributed by atoms with Crippen LogP contribution in [0.4, 0.5) is 0 Å². The second-order valence-corrected chi connectivity index (χ2v) is 4.41. The van der Waals surface area contributed by atoms with Crippen LogP contribution in [0.25, 0.3) is 11.0 Å². The summed E-state index contributed by atoms with van der Waals surface area (Å²) in [5.41, 5.74) is 0.995. The van der Waals surface area contributed by atoms with E-state index < -0.39 is 0 Å². The fourth-order valence-corrected chi connectivity index (χ4v) is 2.23. The predicted octanol–water partition coefficient (Wildman–Crippen LogP) is 1.91. The third kappa shape index (κ3) is 1.52. The normalized spacial score (nSPS) is 16.9. The molecule has 2 aromatic rings. The van der Waals surface area contributed by atoms with Gasteiger partial charge in [-0.15, -0.1) is 0 Å². The highest BCUT2D eigenvalue weighted by atomic mass is 35.5. The van der Waals surface area contributed by atoms with Crippen LogP contribution in [0.5, 0.6) is 0 Å². The lowest BCUT2D eigenvalue weighted by Crippen LogP contribution is -2.44. The first-order valence-electron chi connectivity index (χ1n) is 5.15. The van der Waals surface area contributed by atoms with Gasteiger partial charge in [0.2, 0.25) is 0 Å². The van der Waals surface area contributed by atoms with Crippen molar-refractivity contribution in [1.29, 1.82) is 0 Å². The van der Waals surface area contributed by atoms with Gasteiger partial charge in [-0.05, 0) is 18.2 Å². The zero-order valence-corrected chi connectivity index (χ0v) is 9.04. The Hall–Kier alpha value is -1.06. The Morgan fingerprint density at radius 3 is 3.13 bits per heavy atom. The summed E-state index contributed by atoms with van der Waals surface area (Å²) in [6, 6.07) is 5.97. The van der Waals surface area contributed by atoms with E-state index in [0.29, 0.717) is 5.92 Å². The number of fused-ring (bicyclic) bond motifs is 1. The molecule has 0 aromatic carbocycles. The Balaban J connectivity index is 2.03. The van der Waals surface area contributed by atoms with Crippen molar-refractivity contribution in [3.05, 3.63) is 29.5 Å². The molecular formula is C11H12ClN3. The van der Waals surface area contributed by atoms with E-state index >= 15 is 0 Å². The number of hydrogen-bond acceptors (Lipinski definition) is 2. The molecule has 3 heterocycles. The maximum Gasteiger partial charge on any atom is 0.141 e. The van der Waals surface area contributed by atoms with Gasteiger partial charge in [-0.3, -0.25) is 0 Å². The summed E-state index contributed by atoms with van der Waals surface area (Å²) in [4.78, 5) is 4.37. The smallest absolute Gasteiger partial charge is 0.141 e. The van der Waals surface area contributed by atoms with Gasteiger partial charge in [-0.1, -0.05) is 11.6 Å². The van der Waals surface area contributed by atoms with Crippen LogP contribution in [0, 0.1) is 5.92 Å². The summed E-state index contributed by atoms with van der Waals surface area (Å²) in [5, 5.41) is 5.17. The van der Waals surface area contributed by atoms with Gasteiger partial charge >= 0.3 is 0 Å². The molecule has 1 fully saturated rings. The van der Waals surface area contributed by atoms with E-state index in [4.69, 9.17) is 11.6 Å². The average Bonchev–Trinajstić information content (AvgIpc) is 2.48. The van der Waals surface area contributed by atoms with E-state index in [1.54, 1.807) is 0 Å². The highest BCUT2D eigenvalue weighted by Gasteiger charge is 2.19. The average molecular weight is 222 g/mol. The number of aromatic nitrogens is 2. The highest BCUT2D eigenvalue weighted by Crippen LogP contribution is 2.23. The summed E-state index contributed by atoms with van der Waals surface area (Å²) < 4.78 is 2.10. The number of pyridine rings is 1. The maximum absolute atomic E-state index is 6.20. The molecule has 3 nitrogen and oxygen atoms in total. The molecule has 0 spiro atoms. The number of nitrogens with zero attached hydrogens (tertiary/aromatic N) is 2. The second-order valence-electron chi connectivity index (χ2n) is 4.02. The largest absolute Gasteiger partial charge is 0.316 e. The van der Waals surface area contributed by atoms with Gasteiger partial charge in [0.05, 0.1) is 0 Å². The van der Waals surface area contributed by atoms with E-state index in [2.05, 4.69) is 14.9 Å². The Bertz CT molecular complexity index is 488. The highest BCUT2D eigenvalue weighted by molar-refractivity contribution is 6.30. The molecule has 15 heavy (non-hydrogen) atoms. The van der Waals surface area contributed by atoms with E-state index in [1.165, 1.54) is 0 Å². The Kier molecular flexibility index (Phi) is 2.15. The minimum atomic E-state index is 0.695. The maximum atomic E-state index is 6.20. The van der Waals surface area contributed by atoms with Gasteiger partial charge in [-0.25, -0.2) is 4.98 Å². The molecule has 0 amide bonds. The predicted molar refractivity (Wildman–Crippen MR) is 61.1 cm³/mol. The molecule has 1 N–H and O–H groups in total. The molecular weight excluding hydrogens is 210 g/mol. The lowest BCUT2D eigenvalue weighted by atomic mass is 10.0. The van der Waals surface area contributed by atoms with Crippen LogP contribution in [0.1, 0.15) is 0 Å². The minimum absolute atomic E-state index is 0.695. The Morgan fingerprint density at radius 2 is 2.40 bits per heavy atom. The molecule has 1 saturated heterocycles. The zero-order valence-electron chi connectivity index (χ0n) is 8.28. The van der Waals surface area contributed by atoms with Crippen LogP contribution in [0.15, 0.2) is 24.4 Å². The van der Waals surface area contributed by atoms with Crippen LogP contribution in [-0.2, 0) is 6.54 Å². The molecule has 1 aliphatic heterocycles. The SMILES string of the molecule is Clc1cc2cccnc2n1CC1CNC1. The van der Waals surface area contributed by atoms with Crippen LogP contribution in [0.3, 0.4) is 0 Å². The van der Waals surface area contributed by atoms with E-state index in [0.717, 1.165) is 35.8 Å². The monoisotopic (exact) mass is 221 g/mol. The van der Waals surface area contributed by atoms with Crippen molar-refractivity contribution in [2.24, 2.45) is 5.92 Å².